The highest BCUT2D eigenvalue weighted by Crippen LogP contribution is 2.10. The zero-order chi connectivity index (χ0) is 10.1. The smallest absolute Gasteiger partial charge is 0.161 e. The molecule has 0 spiro atoms. The number of rotatable bonds is 2. The molecule has 4 nitrogen and oxygen atoms in total. The maximum atomic E-state index is 5.76. The van der Waals surface area contributed by atoms with E-state index in [0.717, 1.165) is 5.19 Å². The number of hydrogen-bond acceptors (Lipinski definition) is 4. The molecule has 13 heavy (non-hydrogen) atoms. The number of aromatic nitrogens is 2. The van der Waals surface area contributed by atoms with Crippen molar-refractivity contribution >= 4 is 30.7 Å². The molecule has 0 atom stereocenters. The summed E-state index contributed by atoms with van der Waals surface area (Å²) in [5.74, 6) is 5.95. The average molecular weight is 217 g/mol. The van der Waals surface area contributed by atoms with Crippen molar-refractivity contribution in [2.24, 2.45) is 5.84 Å². The molecular weight excluding hydrogens is 204 g/mol. The minimum atomic E-state index is -1.46. The molecule has 3 N–H and O–H groups in total. The van der Waals surface area contributed by atoms with Crippen LogP contribution in [0.25, 0.3) is 0 Å². The lowest BCUT2D eigenvalue weighted by Gasteiger charge is -2.18. The number of nitrogens with two attached hydrogens (primary N) is 1. The summed E-state index contributed by atoms with van der Waals surface area (Å²) in [6.07, 6.45) is 0. The maximum Gasteiger partial charge on any atom is 0.161 e. The van der Waals surface area contributed by atoms with E-state index in [2.05, 4.69) is 35.3 Å². The van der Waals surface area contributed by atoms with Crippen LogP contribution in [0.15, 0.2) is 6.07 Å². The van der Waals surface area contributed by atoms with E-state index < -0.39 is 8.07 Å². The van der Waals surface area contributed by atoms with Crippen LogP contribution in [0.3, 0.4) is 0 Å². The first kappa shape index (κ1) is 10.4. The van der Waals surface area contributed by atoms with Crippen molar-refractivity contribution in [1.29, 1.82) is 0 Å². The van der Waals surface area contributed by atoms with Crippen molar-refractivity contribution < 1.29 is 0 Å². The van der Waals surface area contributed by atoms with Crippen molar-refractivity contribution in [2.75, 3.05) is 5.43 Å². The fourth-order valence-corrected chi connectivity index (χ4v) is 2.69. The third kappa shape index (κ3) is 2.39. The van der Waals surface area contributed by atoms with Gasteiger partial charge in [0.05, 0.1) is 8.07 Å². The predicted octanol–water partition coefficient (Wildman–Crippen LogP) is 0.961. The first-order chi connectivity index (χ1) is 5.95. The van der Waals surface area contributed by atoms with E-state index in [9.17, 15) is 0 Å². The number of anilines is 1. The molecular formula is C7H13ClN4Si. The van der Waals surface area contributed by atoms with Crippen LogP contribution in [0.1, 0.15) is 0 Å². The maximum absolute atomic E-state index is 5.76. The lowest BCUT2D eigenvalue weighted by Crippen LogP contribution is -2.41. The Hall–Kier alpha value is -0.653. The quantitative estimate of drug-likeness (QED) is 0.439. The Morgan fingerprint density at radius 2 is 2.00 bits per heavy atom. The second-order valence-electron chi connectivity index (χ2n) is 3.82. The molecule has 1 aromatic rings. The summed E-state index contributed by atoms with van der Waals surface area (Å²) in [7, 11) is -1.46. The SMILES string of the molecule is C[Si](C)(C)c1cc(Cl)nnc1NN. The van der Waals surface area contributed by atoms with Crippen molar-refractivity contribution in [3.8, 4) is 0 Å². The highest BCUT2D eigenvalue weighted by atomic mass is 35.5. The Labute approximate surface area is 83.5 Å². The molecule has 1 heterocycles. The summed E-state index contributed by atoms with van der Waals surface area (Å²) < 4.78 is 0. The highest BCUT2D eigenvalue weighted by Gasteiger charge is 2.21. The van der Waals surface area contributed by atoms with Gasteiger partial charge >= 0.3 is 0 Å². The van der Waals surface area contributed by atoms with E-state index in [4.69, 9.17) is 17.4 Å². The zero-order valence-electron chi connectivity index (χ0n) is 7.93. The van der Waals surface area contributed by atoms with Crippen LogP contribution in [-0.4, -0.2) is 18.3 Å². The standard InChI is InChI=1S/C7H13ClN4Si/c1-13(2,3)5-4-6(8)11-12-7(5)10-9/h4H,9H2,1-3H3,(H,10,12). The predicted molar refractivity (Wildman–Crippen MR) is 57.8 cm³/mol. The number of hydrazine groups is 1. The van der Waals surface area contributed by atoms with Crippen molar-refractivity contribution in [3.63, 3.8) is 0 Å². The van der Waals surface area contributed by atoms with Gasteiger partial charge in [0, 0.05) is 0 Å². The topological polar surface area (TPSA) is 63.8 Å². The lowest BCUT2D eigenvalue weighted by molar-refractivity contribution is 1.03. The molecule has 1 rings (SSSR count). The summed E-state index contributed by atoms with van der Waals surface area (Å²) in [4.78, 5) is 0. The van der Waals surface area contributed by atoms with Gasteiger partial charge in [0.2, 0.25) is 0 Å². The van der Waals surface area contributed by atoms with E-state index in [1.807, 2.05) is 6.07 Å². The zero-order valence-corrected chi connectivity index (χ0v) is 9.68. The van der Waals surface area contributed by atoms with Gasteiger partial charge in [0.15, 0.2) is 11.0 Å². The lowest BCUT2D eigenvalue weighted by atomic mass is 10.5. The molecule has 1 aromatic heterocycles. The molecule has 0 aromatic carbocycles. The molecule has 0 saturated heterocycles. The van der Waals surface area contributed by atoms with Gasteiger partial charge in [0.25, 0.3) is 0 Å². The Kier molecular flexibility index (Phi) is 2.89. The van der Waals surface area contributed by atoms with Crippen LogP contribution in [0.4, 0.5) is 5.82 Å². The third-order valence-corrected chi connectivity index (χ3v) is 3.89. The number of nitrogens with one attached hydrogen (secondary N) is 1. The molecule has 0 aliphatic rings. The van der Waals surface area contributed by atoms with Gasteiger partial charge in [0.1, 0.15) is 0 Å². The van der Waals surface area contributed by atoms with Gasteiger partial charge in [-0.1, -0.05) is 31.2 Å². The van der Waals surface area contributed by atoms with Crippen LogP contribution in [-0.2, 0) is 0 Å². The molecule has 0 aliphatic heterocycles. The van der Waals surface area contributed by atoms with E-state index in [0.29, 0.717) is 11.0 Å². The van der Waals surface area contributed by atoms with Crippen LogP contribution in [0.5, 0.6) is 0 Å². The highest BCUT2D eigenvalue weighted by molar-refractivity contribution is 6.89. The molecule has 0 bridgehead atoms. The van der Waals surface area contributed by atoms with Crippen LogP contribution in [0, 0.1) is 0 Å². The molecule has 72 valence electrons. The second kappa shape index (κ2) is 3.61. The fraction of sp³-hybridized carbons (Fsp3) is 0.429. The fourth-order valence-electron chi connectivity index (χ4n) is 1.05. The first-order valence-corrected chi connectivity index (χ1v) is 7.83. The van der Waals surface area contributed by atoms with Crippen LogP contribution >= 0.6 is 11.6 Å². The number of halogens is 1. The minimum absolute atomic E-state index is 0.413. The Morgan fingerprint density at radius 1 is 1.38 bits per heavy atom. The molecule has 0 saturated carbocycles. The van der Waals surface area contributed by atoms with Gasteiger partial charge in [-0.05, 0) is 11.3 Å². The average Bonchev–Trinajstić information content (AvgIpc) is 2.03. The Morgan fingerprint density at radius 3 is 2.46 bits per heavy atom. The van der Waals surface area contributed by atoms with E-state index in [1.165, 1.54) is 0 Å². The molecule has 0 fully saturated rings. The number of nitrogens with zero attached hydrogens (tertiary/aromatic N) is 2. The van der Waals surface area contributed by atoms with Crippen molar-refractivity contribution in [2.45, 2.75) is 19.6 Å². The Bertz CT molecular complexity index is 310. The third-order valence-electron chi connectivity index (χ3n) is 1.71. The van der Waals surface area contributed by atoms with Gasteiger partial charge in [-0.25, -0.2) is 5.84 Å². The van der Waals surface area contributed by atoms with Gasteiger partial charge in [-0.3, -0.25) is 0 Å². The normalized spacial score (nSPS) is 11.5. The van der Waals surface area contributed by atoms with Gasteiger partial charge < -0.3 is 5.43 Å². The van der Waals surface area contributed by atoms with E-state index in [1.54, 1.807) is 0 Å². The van der Waals surface area contributed by atoms with Crippen molar-refractivity contribution in [1.82, 2.24) is 10.2 Å². The molecule has 0 radical (unpaired) electrons. The summed E-state index contributed by atoms with van der Waals surface area (Å²) in [5, 5.41) is 9.11. The largest absolute Gasteiger partial charge is 0.307 e. The first-order valence-electron chi connectivity index (χ1n) is 3.95. The summed E-state index contributed by atoms with van der Waals surface area (Å²) in [6.45, 7) is 6.59. The number of hydrogen-bond donors (Lipinski definition) is 2. The van der Waals surface area contributed by atoms with Crippen LogP contribution < -0.4 is 16.5 Å². The monoisotopic (exact) mass is 216 g/mol. The summed E-state index contributed by atoms with van der Waals surface area (Å²) in [6, 6.07) is 1.83. The van der Waals surface area contributed by atoms with Gasteiger partial charge in [-0.2, -0.15) is 0 Å². The van der Waals surface area contributed by atoms with Gasteiger partial charge in [-0.15, -0.1) is 10.2 Å². The van der Waals surface area contributed by atoms with Crippen LogP contribution in [0.2, 0.25) is 24.8 Å². The summed E-state index contributed by atoms with van der Waals surface area (Å²) >= 11 is 5.76. The molecule has 0 unspecified atom stereocenters. The van der Waals surface area contributed by atoms with E-state index >= 15 is 0 Å². The minimum Gasteiger partial charge on any atom is -0.307 e. The summed E-state index contributed by atoms with van der Waals surface area (Å²) in [5.41, 5.74) is 2.53. The second-order valence-corrected chi connectivity index (χ2v) is 9.25. The Balaban J connectivity index is 3.24. The molecule has 0 amide bonds. The van der Waals surface area contributed by atoms with Crippen molar-refractivity contribution in [3.05, 3.63) is 11.2 Å². The molecule has 0 aliphatic carbocycles. The number of nitrogen functional groups attached to an aromatic ring is 1. The van der Waals surface area contributed by atoms with E-state index in [-0.39, 0.29) is 0 Å². The molecule has 6 heteroatoms.